The van der Waals surface area contributed by atoms with Crippen molar-refractivity contribution in [3.05, 3.63) is 0 Å². The molecule has 0 aliphatic rings. The first-order chi connectivity index (χ1) is 13.3. The van der Waals surface area contributed by atoms with Gasteiger partial charge in [0.1, 0.15) is 24.2 Å². The Morgan fingerprint density at radius 1 is 0.793 bits per heavy atom. The van der Waals surface area contributed by atoms with Crippen LogP contribution < -0.4 is 21.7 Å². The molecular formula is C17H30N4O8. The van der Waals surface area contributed by atoms with E-state index in [1.54, 1.807) is 27.7 Å². The molecule has 0 fully saturated rings. The minimum Gasteiger partial charge on any atom is -0.481 e. The predicted molar refractivity (Wildman–Crippen MR) is 100 cm³/mol. The summed E-state index contributed by atoms with van der Waals surface area (Å²) >= 11 is 0. The summed E-state index contributed by atoms with van der Waals surface area (Å²) in [7, 11) is 0. The molecule has 12 heteroatoms. The van der Waals surface area contributed by atoms with Gasteiger partial charge in [-0.15, -0.1) is 0 Å². The molecule has 0 aliphatic heterocycles. The van der Waals surface area contributed by atoms with E-state index in [9.17, 15) is 29.1 Å². The van der Waals surface area contributed by atoms with E-state index >= 15 is 0 Å². The lowest BCUT2D eigenvalue weighted by Gasteiger charge is -2.26. The third-order valence-electron chi connectivity index (χ3n) is 4.02. The van der Waals surface area contributed by atoms with E-state index in [0.717, 1.165) is 0 Å². The second-order valence-electron chi connectivity index (χ2n) is 7.25. The number of aliphatic hydroxyl groups is 1. The van der Waals surface area contributed by atoms with Gasteiger partial charge in [0.15, 0.2) is 0 Å². The Bertz CT molecular complexity index is 623. The quantitative estimate of drug-likeness (QED) is 0.180. The fraction of sp³-hybridized carbons (Fsp3) is 0.706. The minimum atomic E-state index is -1.56. The van der Waals surface area contributed by atoms with Gasteiger partial charge < -0.3 is 37.0 Å². The zero-order valence-corrected chi connectivity index (χ0v) is 16.8. The Hall–Kier alpha value is -2.73. The van der Waals surface area contributed by atoms with Gasteiger partial charge in [0.25, 0.3) is 0 Å². The summed E-state index contributed by atoms with van der Waals surface area (Å²) in [6, 6.07) is -5.27. The molecule has 0 aromatic heterocycles. The van der Waals surface area contributed by atoms with E-state index in [1.807, 2.05) is 0 Å². The molecule has 0 aliphatic carbocycles. The number of aliphatic hydroxyl groups excluding tert-OH is 1. The number of aliphatic carboxylic acids is 2. The highest BCUT2D eigenvalue weighted by atomic mass is 16.4. The standard InChI is InChI=1S/C17H30N4O8/c1-7(2)12(20-14(25)9(18)6-22)16(27)19-10(5-11(23)24)15(26)21-13(8(3)4)17(28)29/h7-10,12-13,22H,5-6,18H2,1-4H3,(H,19,27)(H,20,25)(H,21,26)(H,23,24)(H,28,29). The number of rotatable bonds is 12. The van der Waals surface area contributed by atoms with Crippen LogP contribution in [0.2, 0.25) is 0 Å². The molecule has 4 atom stereocenters. The number of carboxylic acid groups (broad SMARTS) is 2. The Labute approximate surface area is 168 Å². The first-order valence-electron chi connectivity index (χ1n) is 9.03. The Morgan fingerprint density at radius 3 is 1.66 bits per heavy atom. The zero-order valence-electron chi connectivity index (χ0n) is 16.8. The summed E-state index contributed by atoms with van der Waals surface area (Å²) in [6.45, 7) is 5.66. The van der Waals surface area contributed by atoms with Gasteiger partial charge in [-0.2, -0.15) is 0 Å². The Morgan fingerprint density at radius 2 is 1.28 bits per heavy atom. The number of carbonyl (C=O) groups is 5. The van der Waals surface area contributed by atoms with Crippen LogP contribution in [0.25, 0.3) is 0 Å². The summed E-state index contributed by atoms with van der Waals surface area (Å²) in [5, 5.41) is 33.9. The van der Waals surface area contributed by atoms with E-state index in [0.29, 0.717) is 0 Å². The molecule has 0 spiro atoms. The average molecular weight is 418 g/mol. The van der Waals surface area contributed by atoms with Gasteiger partial charge in [-0.25, -0.2) is 4.79 Å². The highest BCUT2D eigenvalue weighted by molar-refractivity contribution is 5.95. The van der Waals surface area contributed by atoms with E-state index in [4.69, 9.17) is 15.9 Å². The van der Waals surface area contributed by atoms with E-state index in [1.165, 1.54) is 0 Å². The van der Waals surface area contributed by atoms with Crippen LogP contribution in [0.1, 0.15) is 34.1 Å². The van der Waals surface area contributed by atoms with Gasteiger partial charge in [0.2, 0.25) is 17.7 Å². The monoisotopic (exact) mass is 418 g/mol. The molecule has 0 radical (unpaired) electrons. The lowest BCUT2D eigenvalue weighted by atomic mass is 10.0. The molecule has 0 bridgehead atoms. The minimum absolute atomic E-state index is 0.458. The summed E-state index contributed by atoms with van der Waals surface area (Å²) in [4.78, 5) is 59.2. The van der Waals surface area contributed by atoms with Crippen LogP contribution in [0.4, 0.5) is 0 Å². The molecule has 0 aromatic rings. The van der Waals surface area contributed by atoms with Crippen molar-refractivity contribution in [3.63, 3.8) is 0 Å². The topological polar surface area (TPSA) is 208 Å². The van der Waals surface area contributed by atoms with Crippen molar-refractivity contribution in [2.45, 2.75) is 58.3 Å². The molecular weight excluding hydrogens is 388 g/mol. The van der Waals surface area contributed by atoms with Crippen molar-refractivity contribution in [1.82, 2.24) is 16.0 Å². The van der Waals surface area contributed by atoms with Gasteiger partial charge in [0.05, 0.1) is 13.0 Å². The number of nitrogens with one attached hydrogen (secondary N) is 3. The Kier molecular flexibility index (Phi) is 10.8. The van der Waals surface area contributed by atoms with Crippen LogP contribution in [-0.4, -0.2) is 75.8 Å². The van der Waals surface area contributed by atoms with Crippen LogP contribution in [0.5, 0.6) is 0 Å². The number of hydrogen-bond acceptors (Lipinski definition) is 7. The van der Waals surface area contributed by atoms with Crippen LogP contribution in [0, 0.1) is 11.8 Å². The lowest BCUT2D eigenvalue weighted by molar-refractivity contribution is -0.144. The Balaban J connectivity index is 5.43. The maximum Gasteiger partial charge on any atom is 0.326 e. The smallest absolute Gasteiger partial charge is 0.326 e. The molecule has 3 amide bonds. The van der Waals surface area contributed by atoms with Crippen molar-refractivity contribution in [3.8, 4) is 0 Å². The normalized spacial score (nSPS) is 15.2. The SMILES string of the molecule is CC(C)C(NC(=O)C(CC(=O)O)NC(=O)C(NC(=O)C(N)CO)C(C)C)C(=O)O. The number of carboxylic acids is 2. The van der Waals surface area contributed by atoms with Gasteiger partial charge in [-0.1, -0.05) is 27.7 Å². The lowest BCUT2D eigenvalue weighted by Crippen LogP contribution is -2.59. The third-order valence-corrected chi connectivity index (χ3v) is 4.02. The molecule has 29 heavy (non-hydrogen) atoms. The number of nitrogens with two attached hydrogens (primary N) is 1. The molecule has 0 rings (SSSR count). The molecule has 0 aromatic carbocycles. The summed E-state index contributed by atoms with van der Waals surface area (Å²) in [5.74, 6) is -6.28. The second kappa shape index (κ2) is 12.0. The summed E-state index contributed by atoms with van der Waals surface area (Å²) in [6.07, 6.45) is -0.795. The van der Waals surface area contributed by atoms with Crippen molar-refractivity contribution in [2.75, 3.05) is 6.61 Å². The fourth-order valence-electron chi connectivity index (χ4n) is 2.29. The van der Waals surface area contributed by atoms with Crippen molar-refractivity contribution < 1.29 is 39.3 Å². The van der Waals surface area contributed by atoms with E-state index in [2.05, 4.69) is 16.0 Å². The number of amides is 3. The first kappa shape index (κ1) is 26.3. The fourth-order valence-corrected chi connectivity index (χ4v) is 2.29. The van der Waals surface area contributed by atoms with Crippen molar-refractivity contribution in [2.24, 2.45) is 17.6 Å². The van der Waals surface area contributed by atoms with Crippen LogP contribution in [0.3, 0.4) is 0 Å². The molecule has 0 heterocycles. The summed E-state index contributed by atoms with van der Waals surface area (Å²) in [5.41, 5.74) is 5.40. The highest BCUT2D eigenvalue weighted by Gasteiger charge is 2.33. The maximum absolute atomic E-state index is 12.6. The van der Waals surface area contributed by atoms with Crippen molar-refractivity contribution >= 4 is 29.7 Å². The van der Waals surface area contributed by atoms with Gasteiger partial charge >= 0.3 is 11.9 Å². The van der Waals surface area contributed by atoms with Crippen LogP contribution in [-0.2, 0) is 24.0 Å². The number of carbonyl (C=O) groups excluding carboxylic acids is 3. The van der Waals surface area contributed by atoms with Crippen LogP contribution in [0.15, 0.2) is 0 Å². The van der Waals surface area contributed by atoms with Gasteiger partial charge in [-0.3, -0.25) is 19.2 Å². The van der Waals surface area contributed by atoms with E-state index in [-0.39, 0.29) is 0 Å². The molecule has 0 saturated carbocycles. The molecule has 0 saturated heterocycles. The maximum atomic E-state index is 12.6. The molecule has 166 valence electrons. The average Bonchev–Trinajstić information content (AvgIpc) is 2.60. The first-order valence-corrected chi connectivity index (χ1v) is 9.03. The predicted octanol–water partition coefficient (Wildman–Crippen LogP) is -2.37. The molecule has 4 unspecified atom stereocenters. The van der Waals surface area contributed by atoms with E-state index < -0.39 is 78.7 Å². The molecule has 8 N–H and O–H groups in total. The van der Waals surface area contributed by atoms with Gasteiger partial charge in [-0.05, 0) is 11.8 Å². The zero-order chi connectivity index (χ0) is 22.9. The summed E-state index contributed by atoms with van der Waals surface area (Å²) < 4.78 is 0. The highest BCUT2D eigenvalue weighted by Crippen LogP contribution is 2.06. The van der Waals surface area contributed by atoms with Gasteiger partial charge in [0, 0.05) is 0 Å². The molecule has 12 nitrogen and oxygen atoms in total. The van der Waals surface area contributed by atoms with Crippen molar-refractivity contribution in [1.29, 1.82) is 0 Å². The third kappa shape index (κ3) is 8.87. The van der Waals surface area contributed by atoms with Crippen LogP contribution >= 0.6 is 0 Å². The second-order valence-corrected chi connectivity index (χ2v) is 7.25. The largest absolute Gasteiger partial charge is 0.481 e. The number of hydrogen-bond donors (Lipinski definition) is 7.